The molecule has 2 aromatic carbocycles. The van der Waals surface area contributed by atoms with Crippen LogP contribution in [0.3, 0.4) is 0 Å². The van der Waals surface area contributed by atoms with Gasteiger partial charge in [-0.25, -0.2) is 0 Å². The molecule has 2 aromatic rings. The summed E-state index contributed by atoms with van der Waals surface area (Å²) in [6.45, 7) is 3.17. The molecule has 108 valence electrons. The molecule has 4 heteroatoms. The van der Waals surface area contributed by atoms with E-state index >= 15 is 0 Å². The molecule has 0 spiro atoms. The van der Waals surface area contributed by atoms with E-state index in [0.29, 0.717) is 11.3 Å². The molecule has 0 aliphatic heterocycles. The highest BCUT2D eigenvalue weighted by atomic mass is 16.2. The molecule has 0 aromatic heterocycles. The SMILES string of the molecule is CC(=O)c1ccc(NC(=O)C(C)(N)c2ccccc2)cc1. The van der Waals surface area contributed by atoms with Crippen molar-refractivity contribution in [1.29, 1.82) is 0 Å². The van der Waals surface area contributed by atoms with E-state index in [-0.39, 0.29) is 11.7 Å². The first-order valence-electron chi connectivity index (χ1n) is 6.68. The number of rotatable bonds is 4. The molecule has 4 nitrogen and oxygen atoms in total. The van der Waals surface area contributed by atoms with E-state index in [1.54, 1.807) is 31.2 Å². The van der Waals surface area contributed by atoms with Gasteiger partial charge in [-0.3, -0.25) is 9.59 Å². The van der Waals surface area contributed by atoms with Gasteiger partial charge in [-0.05, 0) is 43.7 Å². The van der Waals surface area contributed by atoms with Gasteiger partial charge in [0.05, 0.1) is 0 Å². The topological polar surface area (TPSA) is 72.2 Å². The van der Waals surface area contributed by atoms with Crippen molar-refractivity contribution in [2.45, 2.75) is 19.4 Å². The Morgan fingerprint density at radius 2 is 1.57 bits per heavy atom. The second kappa shape index (κ2) is 5.89. The summed E-state index contributed by atoms with van der Waals surface area (Å²) in [5.74, 6) is -0.315. The maximum absolute atomic E-state index is 12.4. The van der Waals surface area contributed by atoms with Crippen molar-refractivity contribution >= 4 is 17.4 Å². The van der Waals surface area contributed by atoms with Crippen LogP contribution in [-0.4, -0.2) is 11.7 Å². The monoisotopic (exact) mass is 282 g/mol. The highest BCUT2D eigenvalue weighted by molar-refractivity contribution is 5.99. The molecule has 0 saturated carbocycles. The second-order valence-electron chi connectivity index (χ2n) is 5.16. The van der Waals surface area contributed by atoms with Crippen molar-refractivity contribution < 1.29 is 9.59 Å². The first-order chi connectivity index (χ1) is 9.91. The molecule has 2 rings (SSSR count). The number of benzene rings is 2. The molecule has 0 radical (unpaired) electrons. The number of carbonyl (C=O) groups excluding carboxylic acids is 2. The standard InChI is InChI=1S/C17H18N2O2/c1-12(20)13-8-10-15(11-9-13)19-16(21)17(2,18)14-6-4-3-5-7-14/h3-11H,18H2,1-2H3,(H,19,21). The van der Waals surface area contributed by atoms with Crippen LogP contribution in [0.25, 0.3) is 0 Å². The fraction of sp³-hybridized carbons (Fsp3) is 0.176. The van der Waals surface area contributed by atoms with Gasteiger partial charge >= 0.3 is 0 Å². The lowest BCUT2D eigenvalue weighted by atomic mass is 9.92. The number of nitrogens with two attached hydrogens (primary N) is 1. The van der Waals surface area contributed by atoms with Crippen LogP contribution in [-0.2, 0) is 10.3 Å². The summed E-state index contributed by atoms with van der Waals surface area (Å²) >= 11 is 0. The highest BCUT2D eigenvalue weighted by Crippen LogP contribution is 2.20. The van der Waals surface area contributed by atoms with Crippen molar-refractivity contribution in [3.63, 3.8) is 0 Å². The molecule has 1 unspecified atom stereocenters. The van der Waals surface area contributed by atoms with Crippen LogP contribution in [0.2, 0.25) is 0 Å². The second-order valence-corrected chi connectivity index (χ2v) is 5.16. The molecule has 0 aliphatic carbocycles. The molecule has 21 heavy (non-hydrogen) atoms. The molecule has 0 aliphatic rings. The molecule has 1 amide bonds. The molecular weight excluding hydrogens is 264 g/mol. The Kier molecular flexibility index (Phi) is 4.19. The third-order valence-corrected chi connectivity index (χ3v) is 3.39. The minimum atomic E-state index is -1.12. The van der Waals surface area contributed by atoms with Crippen LogP contribution < -0.4 is 11.1 Å². The predicted molar refractivity (Wildman–Crippen MR) is 83.1 cm³/mol. The van der Waals surface area contributed by atoms with Gasteiger partial charge in [-0.2, -0.15) is 0 Å². The number of Topliss-reactive ketones (excluding diaryl/α,β-unsaturated/α-hetero) is 1. The van der Waals surface area contributed by atoms with Crippen LogP contribution in [0.4, 0.5) is 5.69 Å². The Bertz CT molecular complexity index is 646. The number of hydrogen-bond acceptors (Lipinski definition) is 3. The molecular formula is C17H18N2O2. The van der Waals surface area contributed by atoms with Crippen molar-refractivity contribution in [3.8, 4) is 0 Å². The average Bonchev–Trinajstić information content (AvgIpc) is 2.48. The molecule has 0 fully saturated rings. The number of nitrogens with one attached hydrogen (secondary N) is 1. The van der Waals surface area contributed by atoms with E-state index in [0.717, 1.165) is 5.56 Å². The van der Waals surface area contributed by atoms with Gasteiger partial charge in [0, 0.05) is 11.3 Å². The van der Waals surface area contributed by atoms with Gasteiger partial charge < -0.3 is 11.1 Å². The summed E-state index contributed by atoms with van der Waals surface area (Å²) in [5.41, 5.74) is 6.97. The summed E-state index contributed by atoms with van der Waals surface area (Å²) in [6.07, 6.45) is 0. The Hall–Kier alpha value is -2.46. The zero-order valence-electron chi connectivity index (χ0n) is 12.1. The summed E-state index contributed by atoms with van der Waals surface area (Å²) < 4.78 is 0. The summed E-state index contributed by atoms with van der Waals surface area (Å²) in [5, 5.41) is 2.77. The van der Waals surface area contributed by atoms with Crippen molar-refractivity contribution in [1.82, 2.24) is 0 Å². The highest BCUT2D eigenvalue weighted by Gasteiger charge is 2.30. The van der Waals surface area contributed by atoms with Crippen LogP contribution in [0.5, 0.6) is 0 Å². The fourth-order valence-electron chi connectivity index (χ4n) is 1.96. The average molecular weight is 282 g/mol. The maximum Gasteiger partial charge on any atom is 0.248 e. The van der Waals surface area contributed by atoms with E-state index in [1.807, 2.05) is 30.3 Å². The fourth-order valence-corrected chi connectivity index (χ4v) is 1.96. The quantitative estimate of drug-likeness (QED) is 0.847. The Balaban J connectivity index is 2.15. The van der Waals surface area contributed by atoms with E-state index < -0.39 is 5.54 Å². The maximum atomic E-state index is 12.4. The van der Waals surface area contributed by atoms with Gasteiger partial charge in [0.25, 0.3) is 0 Å². The van der Waals surface area contributed by atoms with E-state index in [4.69, 9.17) is 5.73 Å². The number of amides is 1. The third kappa shape index (κ3) is 3.35. The van der Waals surface area contributed by atoms with Gasteiger partial charge in [-0.1, -0.05) is 30.3 Å². The van der Waals surface area contributed by atoms with Crippen LogP contribution in [0.15, 0.2) is 54.6 Å². The largest absolute Gasteiger partial charge is 0.324 e. The van der Waals surface area contributed by atoms with Crippen LogP contribution in [0.1, 0.15) is 29.8 Å². The zero-order valence-corrected chi connectivity index (χ0v) is 12.1. The summed E-state index contributed by atoms with van der Waals surface area (Å²) in [7, 11) is 0. The van der Waals surface area contributed by atoms with Crippen LogP contribution >= 0.6 is 0 Å². The first-order valence-corrected chi connectivity index (χ1v) is 6.68. The third-order valence-electron chi connectivity index (χ3n) is 3.39. The normalized spacial score (nSPS) is 13.3. The zero-order chi connectivity index (χ0) is 15.5. The minimum Gasteiger partial charge on any atom is -0.324 e. The van der Waals surface area contributed by atoms with Gasteiger partial charge in [0.1, 0.15) is 5.54 Å². The number of ketones is 1. The molecule has 0 saturated heterocycles. The van der Waals surface area contributed by atoms with E-state index in [9.17, 15) is 9.59 Å². The van der Waals surface area contributed by atoms with Crippen molar-refractivity contribution in [3.05, 3.63) is 65.7 Å². The Morgan fingerprint density at radius 1 is 1.00 bits per heavy atom. The van der Waals surface area contributed by atoms with Gasteiger partial charge in [0.15, 0.2) is 5.78 Å². The van der Waals surface area contributed by atoms with Gasteiger partial charge in [0.2, 0.25) is 5.91 Å². The predicted octanol–water partition coefficient (Wildman–Crippen LogP) is 2.70. The molecule has 1 atom stereocenters. The number of anilines is 1. The summed E-state index contributed by atoms with van der Waals surface area (Å²) in [4.78, 5) is 23.6. The minimum absolute atomic E-state index is 0.0131. The lowest BCUT2D eigenvalue weighted by molar-refractivity contribution is -0.120. The van der Waals surface area contributed by atoms with E-state index in [1.165, 1.54) is 6.92 Å². The smallest absolute Gasteiger partial charge is 0.248 e. The van der Waals surface area contributed by atoms with Crippen molar-refractivity contribution in [2.75, 3.05) is 5.32 Å². The van der Waals surface area contributed by atoms with Gasteiger partial charge in [-0.15, -0.1) is 0 Å². The number of hydrogen-bond donors (Lipinski definition) is 2. The summed E-state index contributed by atoms with van der Waals surface area (Å²) in [6, 6.07) is 15.9. The molecule has 0 heterocycles. The first kappa shape index (κ1) is 14.9. The molecule has 0 bridgehead atoms. The Morgan fingerprint density at radius 3 is 2.10 bits per heavy atom. The number of carbonyl (C=O) groups is 2. The van der Waals surface area contributed by atoms with Crippen molar-refractivity contribution in [2.24, 2.45) is 5.73 Å². The van der Waals surface area contributed by atoms with Crippen LogP contribution in [0, 0.1) is 0 Å². The Labute approximate surface area is 124 Å². The lowest BCUT2D eigenvalue weighted by Gasteiger charge is -2.24. The lowest BCUT2D eigenvalue weighted by Crippen LogP contribution is -2.45. The van der Waals surface area contributed by atoms with E-state index in [2.05, 4.69) is 5.32 Å². The molecule has 3 N–H and O–H groups in total.